The Morgan fingerprint density at radius 3 is 2.70 bits per heavy atom. The van der Waals surface area contributed by atoms with E-state index in [2.05, 4.69) is 21.2 Å². The summed E-state index contributed by atoms with van der Waals surface area (Å²) >= 11 is 3.40. The van der Waals surface area contributed by atoms with Crippen LogP contribution in [0.4, 0.5) is 10.1 Å². The van der Waals surface area contributed by atoms with Gasteiger partial charge in [0.2, 0.25) is 0 Å². The first kappa shape index (κ1) is 14.4. The molecular weight excluding hydrogens is 323 g/mol. The Morgan fingerprint density at radius 1 is 1.30 bits per heavy atom. The molecule has 0 radical (unpaired) electrons. The Balaban J connectivity index is 2.09. The van der Waals surface area contributed by atoms with Crippen LogP contribution in [0.5, 0.6) is 5.75 Å². The summed E-state index contributed by atoms with van der Waals surface area (Å²) in [5.41, 5.74) is 1.66. The van der Waals surface area contributed by atoms with Crippen molar-refractivity contribution in [2.75, 3.05) is 12.4 Å². The van der Waals surface area contributed by atoms with E-state index in [4.69, 9.17) is 10.00 Å². The van der Waals surface area contributed by atoms with E-state index >= 15 is 0 Å². The van der Waals surface area contributed by atoms with Crippen LogP contribution in [0, 0.1) is 17.1 Å². The second-order valence-electron chi connectivity index (χ2n) is 4.13. The zero-order valence-electron chi connectivity index (χ0n) is 10.8. The molecule has 0 bridgehead atoms. The lowest BCUT2D eigenvalue weighted by atomic mass is 10.2. The predicted octanol–water partition coefficient (Wildman–Crippen LogP) is 4.08. The maximum absolute atomic E-state index is 13.7. The van der Waals surface area contributed by atoms with Crippen LogP contribution in [0.25, 0.3) is 0 Å². The minimum absolute atomic E-state index is 0.306. The number of ether oxygens (including phenoxy) is 1. The second-order valence-corrected chi connectivity index (χ2v) is 4.98. The number of hydrogen-bond acceptors (Lipinski definition) is 3. The van der Waals surface area contributed by atoms with Crippen molar-refractivity contribution in [1.29, 1.82) is 5.26 Å². The van der Waals surface area contributed by atoms with Gasteiger partial charge in [-0.15, -0.1) is 0 Å². The summed E-state index contributed by atoms with van der Waals surface area (Å²) in [5, 5.41) is 11.7. The minimum Gasteiger partial charge on any atom is -0.496 e. The van der Waals surface area contributed by atoms with E-state index in [0.717, 1.165) is 15.8 Å². The summed E-state index contributed by atoms with van der Waals surface area (Å²) in [4.78, 5) is 0. The average Bonchev–Trinajstić information content (AvgIpc) is 2.46. The highest BCUT2D eigenvalue weighted by atomic mass is 79.9. The van der Waals surface area contributed by atoms with E-state index in [1.54, 1.807) is 19.2 Å². The van der Waals surface area contributed by atoms with E-state index in [0.29, 0.717) is 17.8 Å². The largest absolute Gasteiger partial charge is 0.496 e. The van der Waals surface area contributed by atoms with Crippen LogP contribution >= 0.6 is 15.9 Å². The Kier molecular flexibility index (Phi) is 4.59. The fourth-order valence-corrected chi connectivity index (χ4v) is 2.33. The molecule has 5 heteroatoms. The molecule has 1 N–H and O–H groups in total. The summed E-state index contributed by atoms with van der Waals surface area (Å²) < 4.78 is 19.7. The van der Waals surface area contributed by atoms with Crippen molar-refractivity contribution in [1.82, 2.24) is 0 Å². The molecule has 2 aromatic rings. The molecule has 0 spiro atoms. The number of halogens is 2. The summed E-state index contributed by atoms with van der Waals surface area (Å²) in [7, 11) is 1.60. The Labute approximate surface area is 125 Å². The number of nitrogens with zero attached hydrogens (tertiary/aromatic N) is 1. The van der Waals surface area contributed by atoms with Crippen LogP contribution in [-0.4, -0.2) is 7.11 Å². The quantitative estimate of drug-likeness (QED) is 0.916. The van der Waals surface area contributed by atoms with E-state index in [1.807, 2.05) is 24.3 Å². The third kappa shape index (κ3) is 3.28. The van der Waals surface area contributed by atoms with Crippen LogP contribution in [0.15, 0.2) is 40.9 Å². The van der Waals surface area contributed by atoms with Crippen molar-refractivity contribution < 1.29 is 9.13 Å². The van der Waals surface area contributed by atoms with Gasteiger partial charge in [-0.05, 0) is 51.8 Å². The second kappa shape index (κ2) is 6.40. The number of rotatable bonds is 4. The van der Waals surface area contributed by atoms with E-state index < -0.39 is 5.82 Å². The van der Waals surface area contributed by atoms with Gasteiger partial charge in [-0.2, -0.15) is 5.26 Å². The first-order valence-corrected chi connectivity index (χ1v) is 6.69. The molecule has 2 rings (SSSR count). The molecule has 0 fully saturated rings. The van der Waals surface area contributed by atoms with Crippen molar-refractivity contribution in [2.45, 2.75) is 6.54 Å². The Morgan fingerprint density at radius 2 is 2.10 bits per heavy atom. The number of nitrogens with one attached hydrogen (secondary N) is 1. The highest BCUT2D eigenvalue weighted by molar-refractivity contribution is 9.10. The molecule has 0 aliphatic heterocycles. The van der Waals surface area contributed by atoms with E-state index in [1.165, 1.54) is 6.07 Å². The van der Waals surface area contributed by atoms with E-state index in [9.17, 15) is 4.39 Å². The van der Waals surface area contributed by atoms with Crippen molar-refractivity contribution in [3.8, 4) is 11.8 Å². The third-order valence-corrected chi connectivity index (χ3v) is 3.42. The van der Waals surface area contributed by atoms with Gasteiger partial charge in [-0.25, -0.2) is 4.39 Å². The molecule has 0 aromatic heterocycles. The van der Waals surface area contributed by atoms with Crippen LogP contribution in [-0.2, 0) is 6.54 Å². The number of benzene rings is 2. The Bertz CT molecular complexity index is 667. The molecule has 102 valence electrons. The number of hydrogen-bond donors (Lipinski definition) is 1. The van der Waals surface area contributed by atoms with Crippen molar-refractivity contribution in [3.63, 3.8) is 0 Å². The number of anilines is 1. The van der Waals surface area contributed by atoms with Gasteiger partial charge in [0.25, 0.3) is 0 Å². The molecule has 20 heavy (non-hydrogen) atoms. The van der Waals surface area contributed by atoms with Gasteiger partial charge in [-0.3, -0.25) is 0 Å². The standard InChI is InChI=1S/C15H12BrFN2O/c1-20-15-5-3-11(6-12(15)16)9-19-14-4-2-10(8-18)7-13(14)17/h2-7,19H,9H2,1H3. The Hall–Kier alpha value is -2.06. The maximum Gasteiger partial charge on any atom is 0.147 e. The molecular formula is C15H12BrFN2O. The topological polar surface area (TPSA) is 45.0 Å². The fraction of sp³-hybridized carbons (Fsp3) is 0.133. The maximum atomic E-state index is 13.7. The molecule has 0 unspecified atom stereocenters. The van der Waals surface area contributed by atoms with Gasteiger partial charge >= 0.3 is 0 Å². The van der Waals surface area contributed by atoms with Crippen LogP contribution in [0.1, 0.15) is 11.1 Å². The zero-order chi connectivity index (χ0) is 14.5. The van der Waals surface area contributed by atoms with Crippen molar-refractivity contribution in [2.24, 2.45) is 0 Å². The minimum atomic E-state index is -0.434. The van der Waals surface area contributed by atoms with Crippen LogP contribution < -0.4 is 10.1 Å². The predicted molar refractivity (Wildman–Crippen MR) is 79.1 cm³/mol. The van der Waals surface area contributed by atoms with Crippen molar-refractivity contribution >= 4 is 21.6 Å². The lowest BCUT2D eigenvalue weighted by Crippen LogP contribution is -2.02. The van der Waals surface area contributed by atoms with Gasteiger partial charge in [0.05, 0.1) is 28.9 Å². The first-order chi connectivity index (χ1) is 9.63. The molecule has 0 saturated heterocycles. The molecule has 2 aromatic carbocycles. The molecule has 0 amide bonds. The summed E-state index contributed by atoms with van der Waals surface area (Å²) in [6, 6.07) is 11.9. The summed E-state index contributed by atoms with van der Waals surface area (Å²) in [6.07, 6.45) is 0. The van der Waals surface area contributed by atoms with Gasteiger partial charge in [0.1, 0.15) is 11.6 Å². The highest BCUT2D eigenvalue weighted by Crippen LogP contribution is 2.26. The lowest BCUT2D eigenvalue weighted by Gasteiger charge is -2.09. The summed E-state index contributed by atoms with van der Waals surface area (Å²) in [5.74, 6) is 0.315. The lowest BCUT2D eigenvalue weighted by molar-refractivity contribution is 0.412. The molecule has 0 aliphatic carbocycles. The van der Waals surface area contributed by atoms with Gasteiger partial charge in [-0.1, -0.05) is 6.07 Å². The molecule has 0 aliphatic rings. The number of nitriles is 1. The van der Waals surface area contributed by atoms with Crippen LogP contribution in [0.2, 0.25) is 0 Å². The van der Waals surface area contributed by atoms with E-state index in [-0.39, 0.29) is 0 Å². The molecule has 0 saturated carbocycles. The summed E-state index contributed by atoms with van der Waals surface area (Å²) in [6.45, 7) is 0.478. The molecule has 0 atom stereocenters. The van der Waals surface area contributed by atoms with Gasteiger partial charge in [0, 0.05) is 6.54 Å². The SMILES string of the molecule is COc1ccc(CNc2ccc(C#N)cc2F)cc1Br. The fourth-order valence-electron chi connectivity index (χ4n) is 1.75. The van der Waals surface area contributed by atoms with Crippen LogP contribution in [0.3, 0.4) is 0 Å². The third-order valence-electron chi connectivity index (χ3n) is 2.80. The molecule has 0 heterocycles. The molecule has 3 nitrogen and oxygen atoms in total. The highest BCUT2D eigenvalue weighted by Gasteiger charge is 2.05. The first-order valence-electron chi connectivity index (χ1n) is 5.90. The van der Waals surface area contributed by atoms with Gasteiger partial charge < -0.3 is 10.1 Å². The van der Waals surface area contributed by atoms with Gasteiger partial charge in [0.15, 0.2) is 0 Å². The number of methoxy groups -OCH3 is 1. The zero-order valence-corrected chi connectivity index (χ0v) is 12.4. The monoisotopic (exact) mass is 334 g/mol. The normalized spacial score (nSPS) is 9.90. The average molecular weight is 335 g/mol. The van der Waals surface area contributed by atoms with Crippen molar-refractivity contribution in [3.05, 3.63) is 57.8 Å². The smallest absolute Gasteiger partial charge is 0.147 e.